The average molecular weight is 420 g/mol. The fraction of sp³-hybridized carbons (Fsp3) is 0.333. The molecule has 2 heterocycles. The van der Waals surface area contributed by atoms with Gasteiger partial charge in [-0.1, -0.05) is 0 Å². The summed E-state index contributed by atoms with van der Waals surface area (Å²) in [5, 5.41) is 12.4. The number of aromatic nitrogens is 4. The minimum Gasteiger partial charge on any atom is -0.493 e. The Hall–Kier alpha value is -2.72. The van der Waals surface area contributed by atoms with Crippen molar-refractivity contribution >= 4 is 29.5 Å². The number of H-pyrrole nitrogens is 1. The number of amides is 1. The number of benzene rings is 1. The van der Waals surface area contributed by atoms with Gasteiger partial charge in [0.15, 0.2) is 22.1 Å². The summed E-state index contributed by atoms with van der Waals surface area (Å²) in [7, 11) is 3.19. The van der Waals surface area contributed by atoms with E-state index < -0.39 is 0 Å². The summed E-state index contributed by atoms with van der Waals surface area (Å²) in [6.07, 6.45) is 0.196. The van der Waals surface area contributed by atoms with Crippen LogP contribution in [0.4, 0.5) is 0 Å². The topological polar surface area (TPSA) is 94.1 Å². The van der Waals surface area contributed by atoms with Gasteiger partial charge in [0.2, 0.25) is 5.91 Å². The zero-order valence-electron chi connectivity index (χ0n) is 15.8. The third-order valence-electron chi connectivity index (χ3n) is 4.12. The van der Waals surface area contributed by atoms with Crippen molar-refractivity contribution < 1.29 is 14.3 Å². The number of hydrogen-bond donors (Lipinski definition) is 2. The molecule has 1 aromatic carbocycles. The highest BCUT2D eigenvalue weighted by Crippen LogP contribution is 2.33. The van der Waals surface area contributed by atoms with Crippen molar-refractivity contribution in [1.82, 2.24) is 25.1 Å². The maximum absolute atomic E-state index is 12.3. The first-order valence-corrected chi connectivity index (χ1v) is 9.92. The van der Waals surface area contributed by atoms with Crippen LogP contribution in [0.5, 0.6) is 11.5 Å². The number of rotatable bonds is 8. The van der Waals surface area contributed by atoms with Crippen LogP contribution in [0.1, 0.15) is 18.4 Å². The second-order valence-electron chi connectivity index (χ2n) is 5.86. The average Bonchev–Trinajstić information content (AvgIpc) is 3.31. The highest BCUT2D eigenvalue weighted by Gasteiger charge is 2.12. The largest absolute Gasteiger partial charge is 0.493 e. The van der Waals surface area contributed by atoms with Crippen LogP contribution < -0.4 is 14.8 Å². The van der Waals surface area contributed by atoms with Gasteiger partial charge in [-0.05, 0) is 37.3 Å². The van der Waals surface area contributed by atoms with E-state index in [2.05, 4.69) is 20.5 Å². The third-order valence-corrected chi connectivity index (χ3v) is 5.37. The van der Waals surface area contributed by atoms with Crippen molar-refractivity contribution in [2.45, 2.75) is 26.4 Å². The van der Waals surface area contributed by atoms with Gasteiger partial charge in [0.05, 0.1) is 32.9 Å². The molecular formula is C18H21N5O3S2. The van der Waals surface area contributed by atoms with Crippen molar-refractivity contribution in [2.24, 2.45) is 0 Å². The Morgan fingerprint density at radius 1 is 1.32 bits per heavy atom. The fourth-order valence-corrected chi connectivity index (χ4v) is 3.80. The molecule has 3 aromatic rings. The Balaban J connectivity index is 1.64. The zero-order valence-corrected chi connectivity index (χ0v) is 17.4. The van der Waals surface area contributed by atoms with E-state index in [0.717, 1.165) is 10.6 Å². The molecular weight excluding hydrogens is 398 g/mol. The smallest absolute Gasteiger partial charge is 0.226 e. The molecule has 148 valence electrons. The van der Waals surface area contributed by atoms with Crippen molar-refractivity contribution in [2.75, 3.05) is 14.2 Å². The van der Waals surface area contributed by atoms with Gasteiger partial charge in [-0.3, -0.25) is 9.89 Å². The van der Waals surface area contributed by atoms with Crippen molar-refractivity contribution in [3.8, 4) is 22.1 Å². The monoisotopic (exact) mass is 419 g/mol. The van der Waals surface area contributed by atoms with E-state index in [1.165, 1.54) is 11.3 Å². The highest BCUT2D eigenvalue weighted by atomic mass is 32.1. The molecule has 0 aliphatic rings. The van der Waals surface area contributed by atoms with Crippen molar-refractivity contribution in [1.29, 1.82) is 0 Å². The van der Waals surface area contributed by atoms with E-state index >= 15 is 0 Å². The van der Waals surface area contributed by atoms with E-state index in [-0.39, 0.29) is 12.3 Å². The number of thiazole rings is 1. The number of hydrogen-bond acceptors (Lipinski definition) is 7. The summed E-state index contributed by atoms with van der Waals surface area (Å²) in [6.45, 7) is 2.98. The van der Waals surface area contributed by atoms with Gasteiger partial charge < -0.3 is 19.4 Å². The normalized spacial score (nSPS) is 10.7. The quantitative estimate of drug-likeness (QED) is 0.545. The molecule has 0 spiro atoms. The van der Waals surface area contributed by atoms with Crippen LogP contribution in [0.25, 0.3) is 10.6 Å². The van der Waals surface area contributed by atoms with Crippen LogP contribution >= 0.6 is 23.6 Å². The summed E-state index contributed by atoms with van der Waals surface area (Å²) < 4.78 is 13.0. The summed E-state index contributed by atoms with van der Waals surface area (Å²) in [5.74, 6) is 1.87. The first-order chi connectivity index (χ1) is 13.5. The summed E-state index contributed by atoms with van der Waals surface area (Å²) in [5.41, 5.74) is 1.62. The summed E-state index contributed by atoms with van der Waals surface area (Å²) >= 11 is 6.62. The molecule has 0 aliphatic carbocycles. The molecule has 28 heavy (non-hydrogen) atoms. The van der Waals surface area contributed by atoms with E-state index in [9.17, 15) is 4.79 Å². The predicted molar refractivity (Wildman–Crippen MR) is 109 cm³/mol. The van der Waals surface area contributed by atoms with E-state index in [0.29, 0.717) is 40.9 Å². The SMILES string of the molecule is CCn1c(CNC(=O)Cc2csc(-c3ccc(OC)c(OC)c3)n2)n[nH]c1=S. The number of methoxy groups -OCH3 is 2. The molecule has 0 unspecified atom stereocenters. The third kappa shape index (κ3) is 4.39. The standard InChI is InChI=1S/C18H21N5O3S2/c1-4-23-15(21-22-18(23)27)9-19-16(24)8-12-10-28-17(20-12)11-5-6-13(25-2)14(7-11)26-3/h5-7,10H,4,8-9H2,1-3H3,(H,19,24)(H,22,27). The number of nitrogens with zero attached hydrogens (tertiary/aromatic N) is 3. The Morgan fingerprint density at radius 3 is 2.82 bits per heavy atom. The zero-order chi connectivity index (χ0) is 20.1. The lowest BCUT2D eigenvalue weighted by molar-refractivity contribution is -0.120. The molecule has 0 aliphatic heterocycles. The van der Waals surface area contributed by atoms with Gasteiger partial charge in [0, 0.05) is 17.5 Å². The molecule has 10 heteroatoms. The van der Waals surface area contributed by atoms with E-state index in [4.69, 9.17) is 21.7 Å². The summed E-state index contributed by atoms with van der Waals surface area (Å²) in [6, 6.07) is 5.62. The van der Waals surface area contributed by atoms with Crippen LogP contribution in [0.2, 0.25) is 0 Å². The molecule has 0 fully saturated rings. The van der Waals surface area contributed by atoms with Crippen molar-refractivity contribution in [3.05, 3.63) is 39.9 Å². The van der Waals surface area contributed by atoms with Gasteiger partial charge in [0.1, 0.15) is 5.01 Å². The lowest BCUT2D eigenvalue weighted by atomic mass is 10.2. The Morgan fingerprint density at radius 2 is 2.11 bits per heavy atom. The number of aromatic amines is 1. The molecule has 2 N–H and O–H groups in total. The van der Waals surface area contributed by atoms with Crippen LogP contribution in [-0.2, 0) is 24.3 Å². The van der Waals surface area contributed by atoms with Gasteiger partial charge in [-0.25, -0.2) is 4.98 Å². The number of carbonyl (C=O) groups is 1. The van der Waals surface area contributed by atoms with Crippen LogP contribution in [0, 0.1) is 4.77 Å². The molecule has 2 aromatic heterocycles. The lowest BCUT2D eigenvalue weighted by Crippen LogP contribution is -2.26. The second-order valence-corrected chi connectivity index (χ2v) is 7.10. The first kappa shape index (κ1) is 20.0. The maximum atomic E-state index is 12.3. The second kappa shape index (κ2) is 8.98. The van der Waals surface area contributed by atoms with E-state index in [1.807, 2.05) is 35.1 Å². The molecule has 0 saturated heterocycles. The molecule has 1 amide bonds. The van der Waals surface area contributed by atoms with Gasteiger partial charge >= 0.3 is 0 Å². The minimum atomic E-state index is -0.124. The maximum Gasteiger partial charge on any atom is 0.226 e. The molecule has 0 atom stereocenters. The molecule has 0 bridgehead atoms. The van der Waals surface area contributed by atoms with E-state index in [1.54, 1.807) is 14.2 Å². The fourth-order valence-electron chi connectivity index (χ4n) is 2.71. The Bertz CT molecular complexity index is 1020. The number of ether oxygens (including phenoxy) is 2. The Labute approximate surface area is 171 Å². The predicted octanol–water partition coefficient (Wildman–Crippen LogP) is 2.96. The number of nitrogens with one attached hydrogen (secondary N) is 2. The van der Waals surface area contributed by atoms with Crippen LogP contribution in [0.3, 0.4) is 0 Å². The molecule has 0 radical (unpaired) electrons. The Kier molecular flexibility index (Phi) is 6.42. The lowest BCUT2D eigenvalue weighted by Gasteiger charge is -2.08. The summed E-state index contributed by atoms with van der Waals surface area (Å²) in [4.78, 5) is 16.8. The van der Waals surface area contributed by atoms with Gasteiger partial charge in [-0.2, -0.15) is 5.10 Å². The molecule has 0 saturated carbocycles. The van der Waals surface area contributed by atoms with Gasteiger partial charge in [-0.15, -0.1) is 11.3 Å². The van der Waals surface area contributed by atoms with Crippen LogP contribution in [-0.4, -0.2) is 39.9 Å². The van der Waals surface area contributed by atoms with Crippen LogP contribution in [0.15, 0.2) is 23.6 Å². The first-order valence-electron chi connectivity index (χ1n) is 8.63. The molecule has 8 nitrogen and oxygen atoms in total. The number of carbonyl (C=O) groups excluding carboxylic acids is 1. The van der Waals surface area contributed by atoms with Crippen molar-refractivity contribution in [3.63, 3.8) is 0 Å². The highest BCUT2D eigenvalue weighted by molar-refractivity contribution is 7.71. The molecule has 3 rings (SSSR count). The van der Waals surface area contributed by atoms with Gasteiger partial charge in [0.25, 0.3) is 0 Å². The minimum absolute atomic E-state index is 0.124.